The molecule has 0 aliphatic carbocycles. The van der Waals surface area contributed by atoms with Crippen molar-refractivity contribution in [1.82, 2.24) is 4.90 Å². The fraction of sp³-hybridized carbons (Fsp3) is 0.125. The number of thiocarbonyl (C=S) groups is 1. The molecular weight excluding hydrogens is 318 g/mol. The molecule has 1 fully saturated rings. The SMILES string of the molecule is CCN1C(=O)SC(=Cc2ccc(-c3ccccc3O)o2)C1=S. The van der Waals surface area contributed by atoms with Crippen LogP contribution in [-0.4, -0.2) is 26.8 Å². The van der Waals surface area contributed by atoms with E-state index in [4.69, 9.17) is 16.6 Å². The summed E-state index contributed by atoms with van der Waals surface area (Å²) in [7, 11) is 0. The van der Waals surface area contributed by atoms with Crippen LogP contribution in [-0.2, 0) is 0 Å². The smallest absolute Gasteiger partial charge is 0.291 e. The van der Waals surface area contributed by atoms with Crippen LogP contribution in [0, 0.1) is 0 Å². The van der Waals surface area contributed by atoms with Crippen LogP contribution in [0.4, 0.5) is 4.79 Å². The molecule has 1 aromatic heterocycles. The van der Waals surface area contributed by atoms with E-state index in [1.807, 2.05) is 13.0 Å². The highest BCUT2D eigenvalue weighted by Gasteiger charge is 2.30. The number of hydrogen-bond acceptors (Lipinski definition) is 5. The lowest BCUT2D eigenvalue weighted by atomic mass is 10.1. The van der Waals surface area contributed by atoms with Gasteiger partial charge in [0.05, 0.1) is 10.5 Å². The summed E-state index contributed by atoms with van der Waals surface area (Å²) in [6.45, 7) is 2.44. The van der Waals surface area contributed by atoms with Crippen LogP contribution in [0.15, 0.2) is 45.7 Å². The summed E-state index contributed by atoms with van der Waals surface area (Å²) >= 11 is 6.40. The van der Waals surface area contributed by atoms with E-state index in [0.29, 0.717) is 33.5 Å². The second-order valence-electron chi connectivity index (χ2n) is 4.65. The van der Waals surface area contributed by atoms with Crippen molar-refractivity contribution in [2.75, 3.05) is 6.54 Å². The summed E-state index contributed by atoms with van der Waals surface area (Å²) in [6, 6.07) is 10.5. The summed E-state index contributed by atoms with van der Waals surface area (Å²) < 4.78 is 5.73. The van der Waals surface area contributed by atoms with Crippen molar-refractivity contribution in [3.8, 4) is 17.1 Å². The Morgan fingerprint density at radius 1 is 1.32 bits per heavy atom. The first-order valence-corrected chi connectivity index (χ1v) is 7.96. The molecule has 0 bridgehead atoms. The van der Waals surface area contributed by atoms with Gasteiger partial charge in [-0.05, 0) is 49.0 Å². The first-order chi connectivity index (χ1) is 10.6. The monoisotopic (exact) mass is 331 g/mol. The number of carbonyl (C=O) groups excluding carboxylic acids is 1. The van der Waals surface area contributed by atoms with Crippen molar-refractivity contribution in [2.45, 2.75) is 6.92 Å². The number of hydrogen-bond donors (Lipinski definition) is 1. The molecule has 22 heavy (non-hydrogen) atoms. The van der Waals surface area contributed by atoms with E-state index >= 15 is 0 Å². The van der Waals surface area contributed by atoms with Crippen LogP contribution in [0.1, 0.15) is 12.7 Å². The van der Waals surface area contributed by atoms with Crippen molar-refractivity contribution >= 4 is 40.3 Å². The first-order valence-electron chi connectivity index (χ1n) is 6.73. The minimum atomic E-state index is -0.0637. The molecule has 0 unspecified atom stereocenters. The van der Waals surface area contributed by atoms with Crippen LogP contribution in [0.5, 0.6) is 5.75 Å². The van der Waals surface area contributed by atoms with Gasteiger partial charge in [-0.3, -0.25) is 9.69 Å². The Morgan fingerprint density at radius 2 is 2.09 bits per heavy atom. The van der Waals surface area contributed by atoms with Gasteiger partial charge in [-0.2, -0.15) is 0 Å². The molecule has 1 aromatic carbocycles. The number of aromatic hydroxyl groups is 1. The molecule has 0 saturated carbocycles. The van der Waals surface area contributed by atoms with Crippen molar-refractivity contribution in [3.05, 3.63) is 47.1 Å². The van der Waals surface area contributed by atoms with E-state index in [1.54, 1.807) is 41.3 Å². The summed E-state index contributed by atoms with van der Waals surface area (Å²) in [5, 5.41) is 9.79. The van der Waals surface area contributed by atoms with Gasteiger partial charge in [0.1, 0.15) is 22.3 Å². The average molecular weight is 331 g/mol. The Kier molecular flexibility index (Phi) is 4.04. The fourth-order valence-corrected chi connectivity index (χ4v) is 3.50. The van der Waals surface area contributed by atoms with Crippen LogP contribution < -0.4 is 0 Å². The summed E-state index contributed by atoms with van der Waals surface area (Å²) in [4.78, 5) is 14.6. The van der Waals surface area contributed by atoms with E-state index in [0.717, 1.165) is 11.8 Å². The molecule has 112 valence electrons. The zero-order chi connectivity index (χ0) is 15.7. The Labute approximate surface area is 137 Å². The number of amides is 1. The number of thioether (sulfide) groups is 1. The highest BCUT2D eigenvalue weighted by atomic mass is 32.2. The first kappa shape index (κ1) is 14.9. The molecule has 6 heteroatoms. The summed E-state index contributed by atoms with van der Waals surface area (Å²) in [5.74, 6) is 1.32. The van der Waals surface area contributed by atoms with Gasteiger partial charge in [0.2, 0.25) is 0 Å². The molecule has 4 nitrogen and oxygen atoms in total. The third-order valence-corrected chi connectivity index (χ3v) is 4.76. The van der Waals surface area contributed by atoms with Gasteiger partial charge < -0.3 is 9.52 Å². The molecule has 1 aliphatic heterocycles. The molecule has 1 aliphatic rings. The maximum Gasteiger partial charge on any atom is 0.291 e. The fourth-order valence-electron chi connectivity index (χ4n) is 2.16. The lowest BCUT2D eigenvalue weighted by Gasteiger charge is -2.09. The Balaban J connectivity index is 1.90. The van der Waals surface area contributed by atoms with Gasteiger partial charge in [0, 0.05) is 6.54 Å². The number of para-hydroxylation sites is 1. The number of furan rings is 1. The second-order valence-corrected chi connectivity index (χ2v) is 6.03. The number of rotatable bonds is 3. The zero-order valence-electron chi connectivity index (χ0n) is 11.8. The normalized spacial score (nSPS) is 16.8. The highest BCUT2D eigenvalue weighted by molar-refractivity contribution is 8.19. The average Bonchev–Trinajstić information content (AvgIpc) is 3.05. The summed E-state index contributed by atoms with van der Waals surface area (Å²) in [6.07, 6.45) is 1.75. The van der Waals surface area contributed by atoms with Gasteiger partial charge in [-0.1, -0.05) is 24.4 Å². The van der Waals surface area contributed by atoms with Crippen LogP contribution >= 0.6 is 24.0 Å². The molecule has 0 spiro atoms. The van der Waals surface area contributed by atoms with Crippen LogP contribution in [0.3, 0.4) is 0 Å². The van der Waals surface area contributed by atoms with Crippen molar-refractivity contribution in [1.29, 1.82) is 0 Å². The quantitative estimate of drug-likeness (QED) is 0.662. The number of phenols is 1. The molecule has 0 radical (unpaired) electrons. The topological polar surface area (TPSA) is 53.7 Å². The van der Waals surface area contributed by atoms with Gasteiger partial charge in [-0.15, -0.1) is 0 Å². The number of carbonyl (C=O) groups is 1. The Bertz CT molecular complexity index is 779. The maximum absolute atomic E-state index is 11.8. The predicted octanol–water partition coefficient (Wildman–Crippen LogP) is 4.51. The predicted molar refractivity (Wildman–Crippen MR) is 91.8 cm³/mol. The molecule has 2 heterocycles. The van der Waals surface area contributed by atoms with E-state index in [9.17, 15) is 9.90 Å². The molecule has 1 saturated heterocycles. The maximum atomic E-state index is 11.8. The molecule has 1 amide bonds. The number of nitrogens with zero attached hydrogens (tertiary/aromatic N) is 1. The molecule has 1 N–H and O–H groups in total. The largest absolute Gasteiger partial charge is 0.507 e. The zero-order valence-corrected chi connectivity index (χ0v) is 13.4. The van der Waals surface area contributed by atoms with Crippen molar-refractivity contribution < 1.29 is 14.3 Å². The number of phenolic OH excluding ortho intramolecular Hbond substituents is 1. The number of benzene rings is 1. The molecule has 2 aromatic rings. The Morgan fingerprint density at radius 3 is 2.77 bits per heavy atom. The molecule has 0 atom stereocenters. The Hall–Kier alpha value is -2.05. The molecule has 3 rings (SSSR count). The minimum Gasteiger partial charge on any atom is -0.507 e. The molecular formula is C16H13NO3S2. The lowest BCUT2D eigenvalue weighted by Crippen LogP contribution is -2.26. The highest BCUT2D eigenvalue weighted by Crippen LogP contribution is 2.35. The van der Waals surface area contributed by atoms with E-state index in [-0.39, 0.29) is 11.0 Å². The third-order valence-electron chi connectivity index (χ3n) is 3.26. The van der Waals surface area contributed by atoms with Crippen molar-refractivity contribution in [2.24, 2.45) is 0 Å². The second kappa shape index (κ2) is 5.98. The van der Waals surface area contributed by atoms with Crippen molar-refractivity contribution in [3.63, 3.8) is 0 Å². The van der Waals surface area contributed by atoms with E-state index < -0.39 is 0 Å². The van der Waals surface area contributed by atoms with E-state index in [1.165, 1.54) is 0 Å². The number of likely N-dealkylation sites (N-methyl/N-ethyl adjacent to an activating group) is 1. The van der Waals surface area contributed by atoms with Crippen LogP contribution in [0.2, 0.25) is 0 Å². The van der Waals surface area contributed by atoms with Gasteiger partial charge in [-0.25, -0.2) is 0 Å². The van der Waals surface area contributed by atoms with Crippen LogP contribution in [0.25, 0.3) is 17.4 Å². The minimum absolute atomic E-state index is 0.0637. The van der Waals surface area contributed by atoms with Gasteiger partial charge in [0.15, 0.2) is 0 Å². The van der Waals surface area contributed by atoms with Gasteiger partial charge in [0.25, 0.3) is 5.24 Å². The third kappa shape index (κ3) is 2.67. The lowest BCUT2D eigenvalue weighted by molar-refractivity contribution is 0.247. The standard InChI is InChI=1S/C16H13NO3S2/c1-2-17-15(21)14(22-16(17)19)9-10-7-8-13(20-10)11-5-3-4-6-12(11)18/h3-9,18H,2H2,1H3. The summed E-state index contributed by atoms with van der Waals surface area (Å²) in [5.41, 5.74) is 0.625. The van der Waals surface area contributed by atoms with E-state index in [2.05, 4.69) is 0 Å². The van der Waals surface area contributed by atoms with Gasteiger partial charge >= 0.3 is 0 Å².